The van der Waals surface area contributed by atoms with Crippen molar-refractivity contribution in [2.45, 2.75) is 12.8 Å². The number of nitrogens with zero attached hydrogens (tertiary/aromatic N) is 4. The van der Waals surface area contributed by atoms with Crippen LogP contribution >= 0.6 is 0 Å². The zero-order valence-corrected chi connectivity index (χ0v) is 21.2. The molecule has 186 valence electrons. The van der Waals surface area contributed by atoms with Gasteiger partial charge in [0.2, 0.25) is 5.88 Å². The summed E-state index contributed by atoms with van der Waals surface area (Å²) in [5.41, 5.74) is 5.72. The molecule has 7 rings (SSSR count). The first-order chi connectivity index (χ1) is 18.6. The highest BCUT2D eigenvalue weighted by molar-refractivity contribution is 5.91. The van der Waals surface area contributed by atoms with Crippen molar-refractivity contribution in [1.82, 2.24) is 19.6 Å². The van der Waals surface area contributed by atoms with Crippen LogP contribution in [0.3, 0.4) is 0 Å². The van der Waals surface area contributed by atoms with Gasteiger partial charge in [0.15, 0.2) is 23.0 Å². The van der Waals surface area contributed by atoms with E-state index in [-0.39, 0.29) is 5.92 Å². The minimum Gasteiger partial charge on any atom is -0.493 e. The van der Waals surface area contributed by atoms with Crippen LogP contribution in [0.15, 0.2) is 85.2 Å². The van der Waals surface area contributed by atoms with E-state index >= 15 is 0 Å². The second-order valence-electron chi connectivity index (χ2n) is 9.38. The predicted molar refractivity (Wildman–Crippen MR) is 145 cm³/mol. The van der Waals surface area contributed by atoms with Crippen LogP contribution in [0.4, 0.5) is 0 Å². The van der Waals surface area contributed by atoms with Gasteiger partial charge in [-0.25, -0.2) is 14.5 Å². The molecular weight excluding hydrogens is 476 g/mol. The van der Waals surface area contributed by atoms with E-state index in [1.54, 1.807) is 25.1 Å². The Morgan fingerprint density at radius 1 is 0.842 bits per heavy atom. The Morgan fingerprint density at radius 2 is 1.71 bits per heavy atom. The number of hydrogen-bond donors (Lipinski definition) is 0. The lowest BCUT2D eigenvalue weighted by molar-refractivity contribution is 0.354. The van der Waals surface area contributed by atoms with Crippen molar-refractivity contribution in [1.29, 1.82) is 0 Å². The lowest BCUT2D eigenvalue weighted by Gasteiger charge is -2.29. The molecule has 0 spiro atoms. The number of aryl methyl sites for hydroxylation is 1. The second-order valence-corrected chi connectivity index (χ2v) is 9.38. The molecule has 0 N–H and O–H groups in total. The van der Waals surface area contributed by atoms with Gasteiger partial charge in [-0.2, -0.15) is 0 Å². The second kappa shape index (κ2) is 8.59. The normalized spacial score (nSPS) is 14.1. The molecule has 7 nitrogen and oxygen atoms in total. The van der Waals surface area contributed by atoms with Gasteiger partial charge in [0.25, 0.3) is 0 Å². The maximum Gasteiger partial charge on any atom is 0.228 e. The summed E-state index contributed by atoms with van der Waals surface area (Å²) in [4.78, 5) is 9.70. The first kappa shape index (κ1) is 22.3. The lowest BCUT2D eigenvalue weighted by Crippen LogP contribution is -2.15. The van der Waals surface area contributed by atoms with Crippen LogP contribution in [0.25, 0.3) is 27.8 Å². The minimum absolute atomic E-state index is 0.231. The first-order valence-electron chi connectivity index (χ1n) is 12.4. The summed E-state index contributed by atoms with van der Waals surface area (Å²) in [7, 11) is 3.29. The molecule has 6 aromatic rings. The number of benzene rings is 4. The van der Waals surface area contributed by atoms with Crippen molar-refractivity contribution in [3.63, 3.8) is 0 Å². The molecule has 7 heteroatoms. The van der Waals surface area contributed by atoms with E-state index in [1.807, 2.05) is 36.4 Å². The van der Waals surface area contributed by atoms with Crippen molar-refractivity contribution < 1.29 is 14.2 Å². The van der Waals surface area contributed by atoms with Crippen LogP contribution in [0.1, 0.15) is 28.2 Å². The number of hydrogen-bond acceptors (Lipinski definition) is 6. The Morgan fingerprint density at radius 3 is 2.55 bits per heavy atom. The van der Waals surface area contributed by atoms with Crippen molar-refractivity contribution in [3.05, 3.63) is 107 Å². The summed E-state index contributed by atoms with van der Waals surface area (Å²) in [6.07, 6.45) is 1.66. The Hall–Kier alpha value is -4.91. The smallest absolute Gasteiger partial charge is 0.228 e. The Labute approximate surface area is 219 Å². The van der Waals surface area contributed by atoms with E-state index < -0.39 is 0 Å². The average molecular weight is 501 g/mol. The van der Waals surface area contributed by atoms with E-state index in [0.717, 1.165) is 44.3 Å². The van der Waals surface area contributed by atoms with Crippen molar-refractivity contribution in [2.75, 3.05) is 14.2 Å². The standard InChI is InChI=1S/C31H24N4O3/c1-18-7-6-9-21(15-18)29-33-30-28-26(20-12-13-23(36-2)25(16-20)37-3)27-22-10-5-4-8-19(22)11-14-24(27)38-31(28)32-17-35(30)34-29/h4-17,26H,1-3H3/t26-/m1/s1. The quantitative estimate of drug-likeness (QED) is 0.273. The third kappa shape index (κ3) is 3.39. The molecule has 0 saturated carbocycles. The zero-order chi connectivity index (χ0) is 25.8. The van der Waals surface area contributed by atoms with Crippen LogP contribution in [0.2, 0.25) is 0 Å². The van der Waals surface area contributed by atoms with Gasteiger partial charge in [-0.15, -0.1) is 5.10 Å². The van der Waals surface area contributed by atoms with Gasteiger partial charge in [-0.05, 0) is 47.5 Å². The first-order valence-corrected chi connectivity index (χ1v) is 12.4. The summed E-state index contributed by atoms with van der Waals surface area (Å²) >= 11 is 0. The van der Waals surface area contributed by atoms with Gasteiger partial charge in [-0.3, -0.25) is 0 Å². The molecule has 0 aliphatic carbocycles. The third-order valence-corrected chi connectivity index (χ3v) is 7.12. The maximum atomic E-state index is 6.43. The molecule has 4 aromatic carbocycles. The number of rotatable bonds is 4. The molecule has 0 saturated heterocycles. The van der Waals surface area contributed by atoms with Gasteiger partial charge >= 0.3 is 0 Å². The Kier molecular flexibility index (Phi) is 5.04. The molecule has 2 aromatic heterocycles. The molecule has 0 radical (unpaired) electrons. The number of ether oxygens (including phenoxy) is 3. The van der Waals surface area contributed by atoms with Crippen LogP contribution in [-0.4, -0.2) is 33.8 Å². The molecule has 3 heterocycles. The van der Waals surface area contributed by atoms with Crippen molar-refractivity contribution in [2.24, 2.45) is 0 Å². The Balaban J connectivity index is 1.54. The van der Waals surface area contributed by atoms with Gasteiger partial charge in [0, 0.05) is 17.0 Å². The van der Waals surface area contributed by atoms with E-state index in [1.165, 1.54) is 0 Å². The van der Waals surface area contributed by atoms with Crippen molar-refractivity contribution in [3.8, 4) is 34.5 Å². The van der Waals surface area contributed by atoms with Gasteiger partial charge in [0.05, 0.1) is 19.8 Å². The summed E-state index contributed by atoms with van der Waals surface area (Å²) in [5, 5.41) is 7.02. The van der Waals surface area contributed by atoms with Gasteiger partial charge in [-0.1, -0.05) is 60.2 Å². The topological polar surface area (TPSA) is 70.8 Å². The average Bonchev–Trinajstić information content (AvgIpc) is 3.40. The summed E-state index contributed by atoms with van der Waals surface area (Å²) in [6, 6.07) is 26.6. The molecule has 0 bridgehead atoms. The highest BCUT2D eigenvalue weighted by Gasteiger charge is 2.35. The number of aromatic nitrogens is 4. The fraction of sp³-hybridized carbons (Fsp3) is 0.129. The summed E-state index contributed by atoms with van der Waals surface area (Å²) in [6.45, 7) is 2.06. The predicted octanol–water partition coefficient (Wildman–Crippen LogP) is 6.56. The van der Waals surface area contributed by atoms with Crippen LogP contribution < -0.4 is 14.2 Å². The molecule has 1 aliphatic rings. The van der Waals surface area contributed by atoms with Crippen LogP contribution in [0.5, 0.6) is 23.1 Å². The van der Waals surface area contributed by atoms with Gasteiger partial charge in [0.1, 0.15) is 12.1 Å². The van der Waals surface area contributed by atoms with Gasteiger partial charge < -0.3 is 14.2 Å². The highest BCUT2D eigenvalue weighted by Crippen LogP contribution is 2.51. The zero-order valence-electron chi connectivity index (χ0n) is 21.2. The van der Waals surface area contributed by atoms with Crippen molar-refractivity contribution >= 4 is 16.4 Å². The third-order valence-electron chi connectivity index (χ3n) is 7.12. The minimum atomic E-state index is -0.231. The molecular formula is C31H24N4O3. The van der Waals surface area contributed by atoms with E-state index in [2.05, 4.69) is 54.4 Å². The Bertz CT molecular complexity index is 1860. The van der Waals surface area contributed by atoms with Crippen LogP contribution in [0, 0.1) is 6.92 Å². The molecule has 38 heavy (non-hydrogen) atoms. The number of fused-ring (bicyclic) bond motifs is 6. The molecule has 1 aliphatic heterocycles. The molecule has 0 amide bonds. The van der Waals surface area contributed by atoms with Crippen LogP contribution in [-0.2, 0) is 0 Å². The molecule has 0 fully saturated rings. The SMILES string of the molecule is COc1ccc([C@@H]2c3c(ccc4ccccc34)Oc3ncn4nc(-c5cccc(C)c5)nc4c32)cc1OC. The van der Waals surface area contributed by atoms with E-state index in [0.29, 0.717) is 28.9 Å². The number of methoxy groups -OCH3 is 2. The molecule has 1 atom stereocenters. The fourth-order valence-electron chi connectivity index (χ4n) is 5.38. The van der Waals surface area contributed by atoms with E-state index in [4.69, 9.17) is 24.3 Å². The largest absolute Gasteiger partial charge is 0.493 e. The maximum absolute atomic E-state index is 6.43. The summed E-state index contributed by atoms with van der Waals surface area (Å²) in [5.74, 6) is 3.02. The molecule has 0 unspecified atom stereocenters. The monoisotopic (exact) mass is 500 g/mol. The highest BCUT2D eigenvalue weighted by atomic mass is 16.5. The van der Waals surface area contributed by atoms with E-state index in [9.17, 15) is 0 Å². The fourth-order valence-corrected chi connectivity index (χ4v) is 5.38. The lowest BCUT2D eigenvalue weighted by atomic mass is 9.81. The summed E-state index contributed by atoms with van der Waals surface area (Å²) < 4.78 is 19.4.